The molecule has 194 valence electrons. The SMILES string of the molecule is C#CCNC(=O)c1ccc2nc(-c3cc(OC)c(OC)c(OC)c3)c(CN3CCc4ccccc4C3)n2c1. The number of methoxy groups -OCH3 is 3. The molecule has 8 heteroatoms. The van der Waals surface area contributed by atoms with Gasteiger partial charge in [0.1, 0.15) is 5.65 Å². The molecule has 0 saturated carbocycles. The number of hydrogen-bond acceptors (Lipinski definition) is 6. The van der Waals surface area contributed by atoms with Crippen molar-refractivity contribution in [3.05, 3.63) is 77.1 Å². The predicted octanol–water partition coefficient (Wildman–Crippen LogP) is 3.95. The van der Waals surface area contributed by atoms with Crippen molar-refractivity contribution in [2.75, 3.05) is 34.4 Å². The molecule has 38 heavy (non-hydrogen) atoms. The molecule has 2 aromatic heterocycles. The van der Waals surface area contributed by atoms with Crippen LogP contribution in [0.4, 0.5) is 0 Å². The molecule has 8 nitrogen and oxygen atoms in total. The number of pyridine rings is 1. The zero-order chi connectivity index (χ0) is 26.6. The Hall–Kier alpha value is -4.48. The number of ether oxygens (including phenoxy) is 3. The molecule has 5 rings (SSSR count). The normalized spacial score (nSPS) is 13.0. The topological polar surface area (TPSA) is 77.3 Å². The maximum Gasteiger partial charge on any atom is 0.253 e. The van der Waals surface area contributed by atoms with Gasteiger partial charge in [0.2, 0.25) is 5.75 Å². The van der Waals surface area contributed by atoms with Crippen LogP contribution in [-0.4, -0.2) is 54.6 Å². The number of benzene rings is 2. The number of nitrogens with one attached hydrogen (secondary N) is 1. The standard InChI is InChI=1S/C30H30N4O4/c1-5-13-31-30(35)22-10-11-27-32-28(23-15-25(36-2)29(38-4)26(16-23)37-3)24(34(27)18-22)19-33-14-12-20-8-6-7-9-21(20)17-33/h1,6-11,15-16,18H,12-14,17,19H2,2-4H3,(H,31,35). The third kappa shape index (κ3) is 4.76. The molecule has 0 aliphatic carbocycles. The molecular formula is C30H30N4O4. The molecule has 0 atom stereocenters. The minimum Gasteiger partial charge on any atom is -0.493 e. The van der Waals surface area contributed by atoms with E-state index in [1.165, 1.54) is 11.1 Å². The monoisotopic (exact) mass is 510 g/mol. The Labute approximate surface area is 222 Å². The molecule has 4 aromatic rings. The predicted molar refractivity (Wildman–Crippen MR) is 146 cm³/mol. The number of terminal acetylenes is 1. The van der Waals surface area contributed by atoms with Gasteiger partial charge in [-0.15, -0.1) is 6.42 Å². The molecule has 1 N–H and O–H groups in total. The average molecular weight is 511 g/mol. The van der Waals surface area contributed by atoms with Crippen LogP contribution < -0.4 is 19.5 Å². The number of hydrogen-bond donors (Lipinski definition) is 1. The summed E-state index contributed by atoms with van der Waals surface area (Å²) in [6.45, 7) is 2.55. The van der Waals surface area contributed by atoms with Crippen molar-refractivity contribution in [3.8, 4) is 40.8 Å². The highest BCUT2D eigenvalue weighted by atomic mass is 16.5. The van der Waals surface area contributed by atoms with Crippen molar-refractivity contribution in [1.29, 1.82) is 0 Å². The molecule has 0 unspecified atom stereocenters. The van der Waals surface area contributed by atoms with E-state index in [0.29, 0.717) is 29.4 Å². The van der Waals surface area contributed by atoms with Gasteiger partial charge in [-0.2, -0.15) is 0 Å². The van der Waals surface area contributed by atoms with Gasteiger partial charge in [0, 0.05) is 31.4 Å². The summed E-state index contributed by atoms with van der Waals surface area (Å²) in [6, 6.07) is 16.0. The number of imidazole rings is 1. The van der Waals surface area contributed by atoms with Gasteiger partial charge in [0.25, 0.3) is 5.91 Å². The molecule has 0 spiro atoms. The van der Waals surface area contributed by atoms with E-state index in [9.17, 15) is 4.79 Å². The molecule has 0 radical (unpaired) electrons. The molecule has 0 fully saturated rings. The van der Waals surface area contributed by atoms with Gasteiger partial charge < -0.3 is 23.9 Å². The summed E-state index contributed by atoms with van der Waals surface area (Å²) in [5.74, 6) is 3.83. The molecule has 1 aliphatic rings. The largest absolute Gasteiger partial charge is 0.493 e. The van der Waals surface area contributed by atoms with Gasteiger partial charge in [0.05, 0.1) is 44.8 Å². The number of nitrogens with zero attached hydrogens (tertiary/aromatic N) is 3. The minimum absolute atomic E-state index is 0.164. The van der Waals surface area contributed by atoms with Crippen LogP contribution in [0.2, 0.25) is 0 Å². The number of rotatable bonds is 8. The van der Waals surface area contributed by atoms with E-state index in [2.05, 4.69) is 40.4 Å². The van der Waals surface area contributed by atoms with Gasteiger partial charge >= 0.3 is 0 Å². The smallest absolute Gasteiger partial charge is 0.253 e. The van der Waals surface area contributed by atoms with Crippen molar-refractivity contribution < 1.29 is 19.0 Å². The van der Waals surface area contributed by atoms with Gasteiger partial charge in [0.15, 0.2) is 11.5 Å². The average Bonchev–Trinajstić information content (AvgIpc) is 3.32. The lowest BCUT2D eigenvalue weighted by Crippen LogP contribution is -2.30. The third-order valence-electron chi connectivity index (χ3n) is 6.85. The van der Waals surface area contributed by atoms with Crippen LogP contribution in [0.15, 0.2) is 54.7 Å². The highest BCUT2D eigenvalue weighted by Crippen LogP contribution is 2.42. The van der Waals surface area contributed by atoms with Crippen molar-refractivity contribution in [1.82, 2.24) is 19.6 Å². The van der Waals surface area contributed by atoms with E-state index in [1.54, 1.807) is 27.4 Å². The van der Waals surface area contributed by atoms with Crippen LogP contribution in [0, 0.1) is 12.3 Å². The van der Waals surface area contributed by atoms with E-state index >= 15 is 0 Å². The maximum atomic E-state index is 12.7. The summed E-state index contributed by atoms with van der Waals surface area (Å²) >= 11 is 0. The number of fused-ring (bicyclic) bond motifs is 2. The Morgan fingerprint density at radius 1 is 1.05 bits per heavy atom. The number of aromatic nitrogens is 2. The molecule has 2 aromatic carbocycles. The lowest BCUT2D eigenvalue weighted by atomic mass is 9.99. The number of amides is 1. The van der Waals surface area contributed by atoms with Gasteiger partial charge in [-0.3, -0.25) is 9.69 Å². The summed E-state index contributed by atoms with van der Waals surface area (Å²) in [7, 11) is 4.77. The van der Waals surface area contributed by atoms with Crippen LogP contribution >= 0.6 is 0 Å². The van der Waals surface area contributed by atoms with Crippen LogP contribution in [0.1, 0.15) is 27.2 Å². The fourth-order valence-corrected chi connectivity index (χ4v) is 4.96. The Kier molecular flexibility index (Phi) is 7.20. The second-order valence-electron chi connectivity index (χ2n) is 9.08. The van der Waals surface area contributed by atoms with Crippen molar-refractivity contribution in [2.24, 2.45) is 0 Å². The van der Waals surface area contributed by atoms with Crippen molar-refractivity contribution >= 4 is 11.6 Å². The first kappa shape index (κ1) is 25.2. The van der Waals surface area contributed by atoms with Crippen LogP contribution in [0.3, 0.4) is 0 Å². The van der Waals surface area contributed by atoms with E-state index in [4.69, 9.17) is 25.6 Å². The Morgan fingerprint density at radius 3 is 2.47 bits per heavy atom. The second-order valence-corrected chi connectivity index (χ2v) is 9.08. The lowest BCUT2D eigenvalue weighted by Gasteiger charge is -2.29. The van der Waals surface area contributed by atoms with E-state index in [-0.39, 0.29) is 12.5 Å². The summed E-state index contributed by atoms with van der Waals surface area (Å²) in [5.41, 5.74) is 6.52. The third-order valence-corrected chi connectivity index (χ3v) is 6.85. The first-order valence-corrected chi connectivity index (χ1v) is 12.4. The molecule has 1 aliphatic heterocycles. The minimum atomic E-state index is -0.231. The fourth-order valence-electron chi connectivity index (χ4n) is 4.96. The van der Waals surface area contributed by atoms with E-state index in [1.807, 2.05) is 28.8 Å². The van der Waals surface area contributed by atoms with Crippen LogP contribution in [0.25, 0.3) is 16.9 Å². The molecule has 0 bridgehead atoms. The Balaban J connectivity index is 1.63. The van der Waals surface area contributed by atoms with Gasteiger partial charge in [-0.25, -0.2) is 4.98 Å². The number of carbonyl (C=O) groups excluding carboxylic acids is 1. The van der Waals surface area contributed by atoms with E-state index in [0.717, 1.165) is 42.1 Å². The lowest BCUT2D eigenvalue weighted by molar-refractivity contribution is 0.0958. The highest BCUT2D eigenvalue weighted by Gasteiger charge is 2.24. The molecule has 3 heterocycles. The summed E-state index contributed by atoms with van der Waals surface area (Å²) in [5, 5.41) is 2.74. The number of carbonyl (C=O) groups is 1. The molecule has 0 saturated heterocycles. The first-order chi connectivity index (χ1) is 18.6. The highest BCUT2D eigenvalue weighted by molar-refractivity contribution is 5.94. The Bertz CT molecular complexity index is 1510. The molecule has 1 amide bonds. The van der Waals surface area contributed by atoms with Crippen LogP contribution in [-0.2, 0) is 19.5 Å². The second kappa shape index (κ2) is 10.9. The Morgan fingerprint density at radius 2 is 1.79 bits per heavy atom. The summed E-state index contributed by atoms with van der Waals surface area (Å²) in [6.07, 6.45) is 8.13. The first-order valence-electron chi connectivity index (χ1n) is 12.4. The van der Waals surface area contributed by atoms with Crippen molar-refractivity contribution in [2.45, 2.75) is 19.5 Å². The van der Waals surface area contributed by atoms with Gasteiger partial charge in [-0.1, -0.05) is 30.2 Å². The van der Waals surface area contributed by atoms with Crippen LogP contribution in [0.5, 0.6) is 17.2 Å². The molecular weight excluding hydrogens is 480 g/mol. The quantitative estimate of drug-likeness (QED) is 0.362. The van der Waals surface area contributed by atoms with Gasteiger partial charge in [-0.05, 0) is 41.8 Å². The summed E-state index contributed by atoms with van der Waals surface area (Å²) < 4.78 is 18.7. The zero-order valence-corrected chi connectivity index (χ0v) is 21.8. The zero-order valence-electron chi connectivity index (χ0n) is 21.8. The fraction of sp³-hybridized carbons (Fsp3) is 0.267. The maximum absolute atomic E-state index is 12.7. The van der Waals surface area contributed by atoms with Crippen molar-refractivity contribution in [3.63, 3.8) is 0 Å². The summed E-state index contributed by atoms with van der Waals surface area (Å²) in [4.78, 5) is 20.1. The van der Waals surface area contributed by atoms with E-state index < -0.39 is 0 Å².